The van der Waals surface area contributed by atoms with E-state index in [1.54, 1.807) is 6.20 Å². The lowest BCUT2D eigenvalue weighted by atomic mass is 10.0. The van der Waals surface area contributed by atoms with Gasteiger partial charge in [0.25, 0.3) is 0 Å². The molecule has 1 heterocycles. The van der Waals surface area contributed by atoms with Crippen LogP contribution in [0.4, 0.5) is 5.13 Å². The van der Waals surface area contributed by atoms with Crippen molar-refractivity contribution >= 4 is 34.8 Å². The van der Waals surface area contributed by atoms with Gasteiger partial charge in [-0.05, 0) is 24.5 Å². The Morgan fingerprint density at radius 3 is 2.50 bits per heavy atom. The van der Waals surface area contributed by atoms with E-state index in [4.69, 9.17) is 11.5 Å². The highest BCUT2D eigenvalue weighted by atomic mass is 35.5. The minimum Gasteiger partial charge on any atom is -0.375 e. The molecule has 1 unspecified atom stereocenters. The zero-order valence-corrected chi connectivity index (χ0v) is 15.7. The van der Waals surface area contributed by atoms with E-state index in [0.717, 1.165) is 17.7 Å². The van der Waals surface area contributed by atoms with E-state index in [0.29, 0.717) is 11.7 Å². The minimum atomic E-state index is -0.336. The fourth-order valence-corrected chi connectivity index (χ4v) is 3.30. The molecule has 1 amide bonds. The predicted molar refractivity (Wildman–Crippen MR) is 102 cm³/mol. The lowest BCUT2D eigenvalue weighted by molar-refractivity contribution is -0.119. The first kappa shape index (κ1) is 20.4. The number of halogens is 1. The summed E-state index contributed by atoms with van der Waals surface area (Å²) in [4.78, 5) is 18.6. The molecular formula is C17H25ClN4OS. The standard InChI is InChI=1S/C17H24N4OS.ClH/c1-3-4-13-5-7-14(8-6-13)12(2)21(11-16(18)22)10-15-9-20-17(19)23-15;/h5-9,12H,3-4,10-11H2,1-2H3,(H2,18,22)(H2,19,20);1H. The molecular weight excluding hydrogens is 344 g/mol. The van der Waals surface area contributed by atoms with Gasteiger partial charge in [-0.2, -0.15) is 0 Å². The molecule has 0 spiro atoms. The number of nitrogens with zero attached hydrogens (tertiary/aromatic N) is 2. The van der Waals surface area contributed by atoms with Crippen molar-refractivity contribution in [2.24, 2.45) is 5.73 Å². The van der Waals surface area contributed by atoms with Gasteiger partial charge in [0.1, 0.15) is 0 Å². The van der Waals surface area contributed by atoms with E-state index >= 15 is 0 Å². The van der Waals surface area contributed by atoms with Crippen molar-refractivity contribution < 1.29 is 4.79 Å². The van der Waals surface area contributed by atoms with E-state index in [1.165, 1.54) is 22.5 Å². The van der Waals surface area contributed by atoms with Crippen LogP contribution in [0.5, 0.6) is 0 Å². The highest BCUT2D eigenvalue weighted by molar-refractivity contribution is 7.15. The number of hydrogen-bond donors (Lipinski definition) is 2. The second-order valence-electron chi connectivity index (χ2n) is 5.70. The molecule has 2 aromatic rings. The van der Waals surface area contributed by atoms with E-state index in [2.05, 4.69) is 43.1 Å². The van der Waals surface area contributed by atoms with Gasteiger partial charge in [-0.1, -0.05) is 37.6 Å². The topological polar surface area (TPSA) is 85.2 Å². The van der Waals surface area contributed by atoms with Crippen LogP contribution >= 0.6 is 23.7 Å². The van der Waals surface area contributed by atoms with Crippen LogP contribution in [-0.4, -0.2) is 22.3 Å². The Morgan fingerprint density at radius 2 is 2.00 bits per heavy atom. The molecule has 5 nitrogen and oxygen atoms in total. The van der Waals surface area contributed by atoms with Gasteiger partial charge in [-0.15, -0.1) is 23.7 Å². The number of nitrogens with two attached hydrogens (primary N) is 2. The summed E-state index contributed by atoms with van der Waals surface area (Å²) in [5.74, 6) is -0.336. The van der Waals surface area contributed by atoms with Crippen LogP contribution in [0.3, 0.4) is 0 Å². The fraction of sp³-hybridized carbons (Fsp3) is 0.412. The van der Waals surface area contributed by atoms with E-state index in [-0.39, 0.29) is 30.9 Å². The molecule has 7 heteroatoms. The minimum absolute atomic E-state index is 0. The average Bonchev–Trinajstić information content (AvgIpc) is 2.92. The van der Waals surface area contributed by atoms with E-state index in [1.807, 2.05) is 4.90 Å². The Bertz CT molecular complexity index is 644. The first-order valence-corrected chi connectivity index (χ1v) is 8.62. The molecule has 0 aliphatic heterocycles. The summed E-state index contributed by atoms with van der Waals surface area (Å²) >= 11 is 1.44. The summed E-state index contributed by atoms with van der Waals surface area (Å²) in [6.07, 6.45) is 3.97. The van der Waals surface area contributed by atoms with Crippen molar-refractivity contribution in [3.63, 3.8) is 0 Å². The molecule has 4 N–H and O–H groups in total. The van der Waals surface area contributed by atoms with Crippen LogP contribution in [0.2, 0.25) is 0 Å². The van der Waals surface area contributed by atoms with Crippen LogP contribution in [0.1, 0.15) is 42.3 Å². The molecule has 1 aromatic carbocycles. The number of anilines is 1. The molecule has 0 bridgehead atoms. The quantitative estimate of drug-likeness (QED) is 0.749. The average molecular weight is 369 g/mol. The van der Waals surface area contributed by atoms with Gasteiger partial charge in [0.2, 0.25) is 5.91 Å². The summed E-state index contributed by atoms with van der Waals surface area (Å²) in [6, 6.07) is 8.65. The Labute approximate surface area is 153 Å². The van der Waals surface area contributed by atoms with Crippen molar-refractivity contribution in [2.75, 3.05) is 12.3 Å². The van der Waals surface area contributed by atoms with Crippen molar-refractivity contribution in [3.8, 4) is 0 Å². The number of aromatic nitrogens is 1. The Hall–Kier alpha value is -1.63. The maximum Gasteiger partial charge on any atom is 0.231 e. The third-order valence-electron chi connectivity index (χ3n) is 3.84. The molecule has 0 saturated heterocycles. The van der Waals surface area contributed by atoms with Crippen LogP contribution in [-0.2, 0) is 17.8 Å². The van der Waals surface area contributed by atoms with Crippen molar-refractivity contribution in [1.29, 1.82) is 0 Å². The Morgan fingerprint density at radius 1 is 1.33 bits per heavy atom. The molecule has 24 heavy (non-hydrogen) atoms. The van der Waals surface area contributed by atoms with Gasteiger partial charge < -0.3 is 11.5 Å². The monoisotopic (exact) mass is 368 g/mol. The highest BCUT2D eigenvalue weighted by Crippen LogP contribution is 2.25. The number of nitrogen functional groups attached to an aromatic ring is 1. The lowest BCUT2D eigenvalue weighted by Crippen LogP contribution is -2.35. The van der Waals surface area contributed by atoms with Crippen LogP contribution < -0.4 is 11.5 Å². The van der Waals surface area contributed by atoms with Gasteiger partial charge in [-0.3, -0.25) is 9.69 Å². The van der Waals surface area contributed by atoms with Crippen molar-refractivity contribution in [2.45, 2.75) is 39.3 Å². The third kappa shape index (κ3) is 5.78. The number of hydrogen-bond acceptors (Lipinski definition) is 5. The largest absolute Gasteiger partial charge is 0.375 e. The van der Waals surface area contributed by atoms with Gasteiger partial charge >= 0.3 is 0 Å². The summed E-state index contributed by atoms with van der Waals surface area (Å²) in [6.45, 7) is 5.07. The van der Waals surface area contributed by atoms with Gasteiger partial charge in [-0.25, -0.2) is 4.98 Å². The SMILES string of the molecule is CCCc1ccc(C(C)N(CC(N)=O)Cc2cnc(N)s2)cc1.Cl. The fourth-order valence-electron chi connectivity index (χ4n) is 2.59. The maximum atomic E-state index is 11.4. The second-order valence-corrected chi connectivity index (χ2v) is 6.85. The molecule has 0 aliphatic rings. The number of benzene rings is 1. The number of amides is 1. The number of aryl methyl sites for hydroxylation is 1. The van der Waals surface area contributed by atoms with Crippen LogP contribution in [0.25, 0.3) is 0 Å². The molecule has 2 rings (SSSR count). The highest BCUT2D eigenvalue weighted by Gasteiger charge is 2.19. The summed E-state index contributed by atoms with van der Waals surface area (Å²) < 4.78 is 0. The predicted octanol–water partition coefficient (Wildman–Crippen LogP) is 3.15. The maximum absolute atomic E-state index is 11.4. The number of rotatable bonds is 8. The second kappa shape index (κ2) is 9.61. The molecule has 0 radical (unpaired) electrons. The Kier molecular flexibility index (Phi) is 8.18. The zero-order chi connectivity index (χ0) is 16.8. The van der Waals surface area contributed by atoms with E-state index < -0.39 is 0 Å². The van der Waals surface area contributed by atoms with Crippen LogP contribution in [0.15, 0.2) is 30.5 Å². The van der Waals surface area contributed by atoms with Gasteiger partial charge in [0, 0.05) is 23.7 Å². The number of carbonyl (C=O) groups is 1. The first-order valence-electron chi connectivity index (χ1n) is 7.81. The molecule has 0 fully saturated rings. The van der Waals surface area contributed by atoms with Crippen LogP contribution in [0, 0.1) is 0 Å². The van der Waals surface area contributed by atoms with Crippen molar-refractivity contribution in [1.82, 2.24) is 9.88 Å². The number of primary amides is 1. The summed E-state index contributed by atoms with van der Waals surface area (Å²) in [5.41, 5.74) is 13.6. The van der Waals surface area contributed by atoms with Gasteiger partial charge in [0.15, 0.2) is 5.13 Å². The Balaban J connectivity index is 0.00000288. The molecule has 132 valence electrons. The summed E-state index contributed by atoms with van der Waals surface area (Å²) in [5, 5.41) is 0.538. The smallest absolute Gasteiger partial charge is 0.231 e. The molecule has 1 atom stereocenters. The first-order chi connectivity index (χ1) is 11.0. The van der Waals surface area contributed by atoms with E-state index in [9.17, 15) is 4.79 Å². The lowest BCUT2D eigenvalue weighted by Gasteiger charge is -2.27. The zero-order valence-electron chi connectivity index (χ0n) is 14.1. The molecule has 0 aliphatic carbocycles. The number of thiazole rings is 1. The molecule has 0 saturated carbocycles. The normalized spacial score (nSPS) is 12.0. The molecule has 1 aromatic heterocycles. The third-order valence-corrected chi connectivity index (χ3v) is 4.65. The summed E-state index contributed by atoms with van der Waals surface area (Å²) in [7, 11) is 0. The number of carbonyl (C=O) groups excluding carboxylic acids is 1. The van der Waals surface area contributed by atoms with Crippen molar-refractivity contribution in [3.05, 3.63) is 46.5 Å². The van der Waals surface area contributed by atoms with Gasteiger partial charge in [0.05, 0.1) is 6.54 Å².